The average Bonchev–Trinajstić information content (AvgIpc) is 3.41. The molecule has 1 aromatic heterocycles. The maximum absolute atomic E-state index is 13.4. The van der Waals surface area contributed by atoms with Crippen molar-refractivity contribution in [2.24, 2.45) is 0 Å². The lowest BCUT2D eigenvalue weighted by Gasteiger charge is -2.39. The van der Waals surface area contributed by atoms with Gasteiger partial charge >= 0.3 is 0 Å². The van der Waals surface area contributed by atoms with E-state index in [1.165, 1.54) is 24.3 Å². The summed E-state index contributed by atoms with van der Waals surface area (Å²) in [5.74, 6) is -0.705. The molecule has 1 aliphatic rings. The van der Waals surface area contributed by atoms with Gasteiger partial charge in [0.25, 0.3) is 11.8 Å². The quantitative estimate of drug-likeness (QED) is 0.373. The van der Waals surface area contributed by atoms with Crippen LogP contribution in [-0.2, 0) is 6.54 Å². The standard InChI is InChI=1S/C29H36FN5O2S/c1-20(2)34(21(3)4)29(37)23-7-11-25(12-8-23)35(32-28(36)22-5-9-24(30)10-6-22)26-13-16-33(17-14-26)19-27-31-15-18-38-27/h5-12,15,18,20-21,26H,13-14,16-17,19H2,1-4H3,(H,32,36). The van der Waals surface area contributed by atoms with Crippen molar-refractivity contribution in [1.82, 2.24) is 20.2 Å². The molecular weight excluding hydrogens is 501 g/mol. The number of hydrogen-bond donors (Lipinski definition) is 1. The summed E-state index contributed by atoms with van der Waals surface area (Å²) >= 11 is 1.66. The first kappa shape index (κ1) is 27.7. The Kier molecular flexibility index (Phi) is 9.12. The Bertz CT molecular complexity index is 1180. The zero-order valence-electron chi connectivity index (χ0n) is 22.4. The van der Waals surface area contributed by atoms with Crippen LogP contribution in [0, 0.1) is 5.82 Å². The fraction of sp³-hybridized carbons (Fsp3) is 0.414. The van der Waals surface area contributed by atoms with Gasteiger partial charge in [-0.1, -0.05) is 0 Å². The highest BCUT2D eigenvalue weighted by atomic mass is 32.1. The largest absolute Gasteiger partial charge is 0.334 e. The van der Waals surface area contributed by atoms with E-state index in [4.69, 9.17) is 0 Å². The number of amides is 2. The molecule has 0 radical (unpaired) electrons. The Balaban J connectivity index is 1.53. The fourth-order valence-corrected chi connectivity index (χ4v) is 5.64. The Morgan fingerprint density at radius 2 is 1.61 bits per heavy atom. The number of rotatable bonds is 9. The van der Waals surface area contributed by atoms with E-state index in [1.54, 1.807) is 11.3 Å². The Morgan fingerprint density at radius 3 is 2.16 bits per heavy atom. The maximum atomic E-state index is 13.4. The molecule has 38 heavy (non-hydrogen) atoms. The molecule has 0 bridgehead atoms. The zero-order valence-corrected chi connectivity index (χ0v) is 23.2. The topological polar surface area (TPSA) is 68.8 Å². The third-order valence-corrected chi connectivity index (χ3v) is 7.60. The van der Waals surface area contributed by atoms with Crippen molar-refractivity contribution in [3.63, 3.8) is 0 Å². The number of thiazole rings is 1. The van der Waals surface area contributed by atoms with Crippen LogP contribution in [0.3, 0.4) is 0 Å². The molecule has 0 unspecified atom stereocenters. The van der Waals surface area contributed by atoms with E-state index in [0.29, 0.717) is 11.1 Å². The molecule has 7 nitrogen and oxygen atoms in total. The number of nitrogens with zero attached hydrogens (tertiary/aromatic N) is 4. The van der Waals surface area contributed by atoms with Gasteiger partial charge in [-0.05, 0) is 89.1 Å². The molecule has 0 atom stereocenters. The van der Waals surface area contributed by atoms with Crippen LogP contribution in [0.15, 0.2) is 60.1 Å². The van der Waals surface area contributed by atoms with Crippen LogP contribution in [-0.4, -0.2) is 57.8 Å². The summed E-state index contributed by atoms with van der Waals surface area (Å²) in [4.78, 5) is 34.9. The van der Waals surface area contributed by atoms with Gasteiger partial charge in [0, 0.05) is 47.9 Å². The van der Waals surface area contributed by atoms with E-state index < -0.39 is 0 Å². The van der Waals surface area contributed by atoms with Gasteiger partial charge in [0.15, 0.2) is 0 Å². The van der Waals surface area contributed by atoms with Crippen LogP contribution in [0.2, 0.25) is 0 Å². The lowest BCUT2D eigenvalue weighted by molar-refractivity contribution is 0.0643. The minimum absolute atomic E-state index is 0.0149. The highest BCUT2D eigenvalue weighted by molar-refractivity contribution is 7.09. The number of anilines is 1. The molecule has 1 saturated heterocycles. The van der Waals surface area contributed by atoms with E-state index in [9.17, 15) is 14.0 Å². The number of likely N-dealkylation sites (tertiary alicyclic amines) is 1. The van der Waals surface area contributed by atoms with E-state index in [0.717, 1.165) is 43.2 Å². The Morgan fingerprint density at radius 1 is 1.00 bits per heavy atom. The van der Waals surface area contributed by atoms with Gasteiger partial charge in [0.05, 0.1) is 18.3 Å². The minimum atomic E-state index is -0.386. The first-order chi connectivity index (χ1) is 18.2. The SMILES string of the molecule is CC(C)N(C(=O)c1ccc(N(NC(=O)c2ccc(F)cc2)C2CCN(Cc3nccs3)CC2)cc1)C(C)C. The van der Waals surface area contributed by atoms with E-state index in [1.807, 2.05) is 73.4 Å². The first-order valence-corrected chi connectivity index (χ1v) is 14.0. The van der Waals surface area contributed by atoms with Gasteiger partial charge in [-0.15, -0.1) is 11.3 Å². The zero-order chi connectivity index (χ0) is 27.2. The second-order valence-corrected chi connectivity index (χ2v) is 11.2. The third kappa shape index (κ3) is 6.76. The number of nitrogens with one attached hydrogen (secondary N) is 1. The molecular formula is C29H36FN5O2S. The van der Waals surface area contributed by atoms with Gasteiger partial charge in [-0.2, -0.15) is 0 Å². The number of halogens is 1. The summed E-state index contributed by atoms with van der Waals surface area (Å²) in [6.07, 6.45) is 3.53. The molecule has 0 saturated carbocycles. The van der Waals surface area contributed by atoms with Crippen molar-refractivity contribution < 1.29 is 14.0 Å². The van der Waals surface area contributed by atoms with E-state index in [-0.39, 0.29) is 35.8 Å². The van der Waals surface area contributed by atoms with Gasteiger partial charge in [0.2, 0.25) is 0 Å². The number of hydrogen-bond acceptors (Lipinski definition) is 6. The lowest BCUT2D eigenvalue weighted by atomic mass is 10.0. The smallest absolute Gasteiger partial charge is 0.269 e. The predicted octanol–water partition coefficient (Wildman–Crippen LogP) is 5.36. The molecule has 0 aliphatic carbocycles. The number of piperidine rings is 1. The second-order valence-electron chi connectivity index (χ2n) is 10.2. The summed E-state index contributed by atoms with van der Waals surface area (Å²) < 4.78 is 13.4. The van der Waals surface area contributed by atoms with Crippen molar-refractivity contribution in [2.75, 3.05) is 18.1 Å². The van der Waals surface area contributed by atoms with Crippen LogP contribution >= 0.6 is 11.3 Å². The van der Waals surface area contributed by atoms with Crippen LogP contribution in [0.1, 0.15) is 66.3 Å². The number of hydrazine groups is 1. The van der Waals surface area contributed by atoms with Gasteiger partial charge in [0.1, 0.15) is 10.8 Å². The van der Waals surface area contributed by atoms with Crippen LogP contribution in [0.4, 0.5) is 10.1 Å². The van der Waals surface area contributed by atoms with E-state index >= 15 is 0 Å². The highest BCUT2D eigenvalue weighted by Crippen LogP contribution is 2.25. The first-order valence-electron chi connectivity index (χ1n) is 13.1. The Labute approximate surface area is 228 Å². The molecule has 4 rings (SSSR count). The van der Waals surface area contributed by atoms with Gasteiger partial charge in [-0.25, -0.2) is 9.37 Å². The molecule has 1 aliphatic heterocycles. The summed E-state index contributed by atoms with van der Waals surface area (Å²) in [6, 6.07) is 13.2. The van der Waals surface area contributed by atoms with Crippen molar-refractivity contribution in [3.8, 4) is 0 Å². The van der Waals surface area contributed by atoms with Crippen LogP contribution < -0.4 is 10.4 Å². The molecule has 2 amide bonds. The minimum Gasteiger partial charge on any atom is -0.334 e. The second kappa shape index (κ2) is 12.5. The summed E-state index contributed by atoms with van der Waals surface area (Å²) in [5, 5.41) is 5.00. The molecule has 0 spiro atoms. The molecule has 9 heteroatoms. The van der Waals surface area contributed by atoms with Crippen LogP contribution in [0.25, 0.3) is 0 Å². The molecule has 2 aromatic carbocycles. The normalized spacial score (nSPS) is 14.6. The molecule has 1 N–H and O–H groups in total. The molecule has 202 valence electrons. The number of aromatic nitrogens is 1. The third-order valence-electron chi connectivity index (χ3n) is 6.83. The summed E-state index contributed by atoms with van der Waals surface area (Å²) in [6.45, 7) is 10.6. The van der Waals surface area contributed by atoms with Crippen LogP contribution in [0.5, 0.6) is 0 Å². The van der Waals surface area contributed by atoms with Crippen molar-refractivity contribution in [1.29, 1.82) is 0 Å². The molecule has 3 aromatic rings. The average molecular weight is 538 g/mol. The number of carbonyl (C=O) groups excluding carboxylic acids is 2. The summed E-state index contributed by atoms with van der Waals surface area (Å²) in [5.41, 5.74) is 4.85. The highest BCUT2D eigenvalue weighted by Gasteiger charge is 2.28. The van der Waals surface area contributed by atoms with Crippen molar-refractivity contribution >= 4 is 28.8 Å². The fourth-order valence-electron chi connectivity index (χ4n) is 4.98. The maximum Gasteiger partial charge on any atom is 0.269 e. The summed E-state index contributed by atoms with van der Waals surface area (Å²) in [7, 11) is 0. The predicted molar refractivity (Wildman–Crippen MR) is 150 cm³/mol. The van der Waals surface area contributed by atoms with Gasteiger partial charge < -0.3 is 4.90 Å². The monoisotopic (exact) mass is 537 g/mol. The van der Waals surface area contributed by atoms with Crippen molar-refractivity contribution in [2.45, 2.75) is 65.2 Å². The lowest BCUT2D eigenvalue weighted by Crippen LogP contribution is -2.53. The van der Waals surface area contributed by atoms with Crippen molar-refractivity contribution in [3.05, 3.63) is 82.1 Å². The Hall–Kier alpha value is -3.30. The molecule has 1 fully saturated rings. The number of carbonyl (C=O) groups is 2. The van der Waals surface area contributed by atoms with E-state index in [2.05, 4.69) is 15.3 Å². The van der Waals surface area contributed by atoms with Gasteiger partial charge in [-0.3, -0.25) is 24.9 Å². The number of benzene rings is 2. The molecule has 2 heterocycles.